The maximum Gasteiger partial charge on any atom is 0.262 e. The Kier molecular flexibility index (Phi) is 1.30. The minimum absolute atomic E-state index is 0.696. The molecule has 0 aliphatic heterocycles. The molecule has 1 rings (SSSR count). The number of carbonyl (C=O) groups excluding carboxylic acids is 2. The van der Waals surface area contributed by atoms with Crippen molar-refractivity contribution in [3.05, 3.63) is 23.7 Å². The highest BCUT2D eigenvalue weighted by atomic mass is 16.3. The van der Waals surface area contributed by atoms with Gasteiger partial charge in [0.1, 0.15) is 0 Å². The molecule has 10 heavy (non-hydrogen) atoms. The summed E-state index contributed by atoms with van der Waals surface area (Å²) in [5, 5.41) is 17.1. The molecule has 0 saturated heterocycles. The first-order chi connectivity index (χ1) is 4.61. The fourth-order valence-electron chi connectivity index (χ4n) is 0.521. The molecule has 0 aromatic rings. The second kappa shape index (κ2) is 1.98. The summed E-state index contributed by atoms with van der Waals surface area (Å²) in [5.41, 5.74) is 0. The molecule has 51 valence electrons. The van der Waals surface area contributed by atoms with Gasteiger partial charge in [0, 0.05) is 6.08 Å². The molecular formula is C6H3O4. The molecule has 1 aliphatic carbocycles. The lowest BCUT2D eigenvalue weighted by atomic mass is 10.1. The number of rotatable bonds is 0. The Morgan fingerprint density at radius 3 is 2.40 bits per heavy atom. The SMILES string of the molecule is O=C1[C]=C(O)C(=O)C(O)=C1. The predicted octanol–water partition coefficient (Wildman–Crippen LogP) is -0.175. The molecule has 0 aromatic carbocycles. The molecule has 0 unspecified atom stereocenters. The number of aliphatic hydroxyl groups is 2. The molecule has 0 aromatic heterocycles. The third-order valence-corrected chi connectivity index (χ3v) is 0.957. The molecule has 4 heteroatoms. The van der Waals surface area contributed by atoms with Gasteiger partial charge in [0.2, 0.25) is 0 Å². The zero-order valence-corrected chi connectivity index (χ0v) is 4.79. The molecule has 4 nitrogen and oxygen atoms in total. The van der Waals surface area contributed by atoms with Crippen molar-refractivity contribution in [1.82, 2.24) is 0 Å². The van der Waals surface area contributed by atoms with Gasteiger partial charge in [-0.25, -0.2) is 0 Å². The van der Waals surface area contributed by atoms with Crippen LogP contribution < -0.4 is 0 Å². The van der Waals surface area contributed by atoms with Gasteiger partial charge in [0.15, 0.2) is 17.3 Å². The van der Waals surface area contributed by atoms with Crippen molar-refractivity contribution >= 4 is 11.6 Å². The fourth-order valence-corrected chi connectivity index (χ4v) is 0.521. The van der Waals surface area contributed by atoms with Crippen LogP contribution in [0.5, 0.6) is 0 Å². The Bertz CT molecular complexity index is 235. The number of hydrogen-bond donors (Lipinski definition) is 2. The van der Waals surface area contributed by atoms with E-state index in [1.807, 2.05) is 0 Å². The Morgan fingerprint density at radius 1 is 1.30 bits per heavy atom. The lowest BCUT2D eigenvalue weighted by molar-refractivity contribution is -0.119. The van der Waals surface area contributed by atoms with Gasteiger partial charge in [-0.15, -0.1) is 0 Å². The average Bonchev–Trinajstić information content (AvgIpc) is 1.82. The van der Waals surface area contributed by atoms with E-state index in [1.165, 1.54) is 0 Å². The van der Waals surface area contributed by atoms with E-state index in [2.05, 4.69) is 0 Å². The van der Waals surface area contributed by atoms with Crippen LogP contribution in [0.1, 0.15) is 0 Å². The van der Waals surface area contributed by atoms with Gasteiger partial charge in [0.25, 0.3) is 5.78 Å². The monoisotopic (exact) mass is 139 g/mol. The van der Waals surface area contributed by atoms with Gasteiger partial charge in [-0.1, -0.05) is 0 Å². The van der Waals surface area contributed by atoms with Crippen LogP contribution >= 0.6 is 0 Å². The van der Waals surface area contributed by atoms with E-state index in [1.54, 1.807) is 6.08 Å². The standard InChI is InChI=1S/C6H3O4/c7-3-1-4(8)6(10)5(9)2-3/h1,8-9H. The third-order valence-electron chi connectivity index (χ3n) is 0.957. The molecule has 0 atom stereocenters. The maximum atomic E-state index is 10.5. The number of allylic oxidation sites excluding steroid dienone is 2. The van der Waals surface area contributed by atoms with E-state index >= 15 is 0 Å². The molecule has 0 fully saturated rings. The van der Waals surface area contributed by atoms with Crippen LogP contribution in [0, 0.1) is 6.08 Å². The Morgan fingerprint density at radius 2 is 1.90 bits per heavy atom. The number of ketones is 2. The normalized spacial score (nSPS) is 18.4. The van der Waals surface area contributed by atoms with Crippen molar-refractivity contribution < 1.29 is 19.8 Å². The van der Waals surface area contributed by atoms with Crippen molar-refractivity contribution in [2.24, 2.45) is 0 Å². The highest BCUT2D eigenvalue weighted by molar-refractivity contribution is 6.15. The van der Waals surface area contributed by atoms with E-state index < -0.39 is 23.1 Å². The summed E-state index contributed by atoms with van der Waals surface area (Å²) in [7, 11) is 0. The predicted molar refractivity (Wildman–Crippen MR) is 30.1 cm³/mol. The maximum absolute atomic E-state index is 10.5. The number of hydrogen-bond acceptors (Lipinski definition) is 4. The van der Waals surface area contributed by atoms with Crippen LogP contribution in [0.4, 0.5) is 0 Å². The van der Waals surface area contributed by atoms with E-state index in [0.29, 0.717) is 6.08 Å². The topological polar surface area (TPSA) is 74.6 Å². The first kappa shape index (κ1) is 6.54. The van der Waals surface area contributed by atoms with Crippen molar-refractivity contribution in [1.29, 1.82) is 0 Å². The van der Waals surface area contributed by atoms with Crippen LogP contribution in [0.3, 0.4) is 0 Å². The van der Waals surface area contributed by atoms with Crippen molar-refractivity contribution in [3.63, 3.8) is 0 Å². The number of aliphatic hydroxyl groups excluding tert-OH is 2. The van der Waals surface area contributed by atoms with Crippen LogP contribution in [0.2, 0.25) is 0 Å². The zero-order chi connectivity index (χ0) is 7.72. The quantitative estimate of drug-likeness (QED) is 0.456. The molecular weight excluding hydrogens is 136 g/mol. The van der Waals surface area contributed by atoms with E-state index in [9.17, 15) is 9.59 Å². The van der Waals surface area contributed by atoms with Gasteiger partial charge in [-0.05, 0) is 0 Å². The molecule has 0 saturated carbocycles. The minimum Gasteiger partial charge on any atom is -0.504 e. The second-order valence-electron chi connectivity index (χ2n) is 1.70. The van der Waals surface area contributed by atoms with E-state index in [-0.39, 0.29) is 0 Å². The molecule has 0 amide bonds. The van der Waals surface area contributed by atoms with Gasteiger partial charge in [0.05, 0.1) is 6.08 Å². The Hall–Kier alpha value is -1.58. The highest BCUT2D eigenvalue weighted by Gasteiger charge is 2.20. The summed E-state index contributed by atoms with van der Waals surface area (Å²) in [4.78, 5) is 20.8. The van der Waals surface area contributed by atoms with Crippen molar-refractivity contribution in [2.45, 2.75) is 0 Å². The smallest absolute Gasteiger partial charge is 0.262 e. The van der Waals surface area contributed by atoms with Crippen molar-refractivity contribution in [3.8, 4) is 0 Å². The van der Waals surface area contributed by atoms with Gasteiger partial charge >= 0.3 is 0 Å². The van der Waals surface area contributed by atoms with Crippen LogP contribution in [-0.2, 0) is 9.59 Å². The molecule has 0 heterocycles. The summed E-state index contributed by atoms with van der Waals surface area (Å²) < 4.78 is 0. The first-order valence-electron chi connectivity index (χ1n) is 2.43. The summed E-state index contributed by atoms with van der Waals surface area (Å²) >= 11 is 0. The summed E-state index contributed by atoms with van der Waals surface area (Å²) in [6.45, 7) is 0. The second-order valence-corrected chi connectivity index (χ2v) is 1.70. The Labute approximate surface area is 56.1 Å². The largest absolute Gasteiger partial charge is 0.504 e. The van der Waals surface area contributed by atoms with E-state index in [0.717, 1.165) is 0 Å². The minimum atomic E-state index is -0.973. The number of carbonyl (C=O) groups is 2. The molecule has 1 radical (unpaired) electrons. The number of Topliss-reactive ketones (excluding diaryl/α,β-unsaturated/α-hetero) is 1. The molecule has 1 aliphatic rings. The van der Waals surface area contributed by atoms with E-state index in [4.69, 9.17) is 10.2 Å². The van der Waals surface area contributed by atoms with Crippen LogP contribution in [-0.4, -0.2) is 21.8 Å². The van der Waals surface area contributed by atoms with Gasteiger partial charge in [-0.2, -0.15) is 0 Å². The first-order valence-corrected chi connectivity index (χ1v) is 2.43. The molecule has 0 bridgehead atoms. The lowest BCUT2D eigenvalue weighted by Gasteiger charge is -2.00. The lowest BCUT2D eigenvalue weighted by Crippen LogP contribution is -2.13. The Balaban J connectivity index is 3.05. The average molecular weight is 139 g/mol. The molecule has 0 spiro atoms. The van der Waals surface area contributed by atoms with Crippen LogP contribution in [0.25, 0.3) is 0 Å². The zero-order valence-electron chi connectivity index (χ0n) is 4.79. The molecule has 2 N–H and O–H groups in total. The fraction of sp³-hybridized carbons (Fsp3) is 0. The van der Waals surface area contributed by atoms with Crippen molar-refractivity contribution in [2.75, 3.05) is 0 Å². The van der Waals surface area contributed by atoms with Crippen LogP contribution in [0.15, 0.2) is 17.6 Å². The highest BCUT2D eigenvalue weighted by Crippen LogP contribution is 2.05. The summed E-state index contributed by atoms with van der Waals surface area (Å²) in [6.07, 6.45) is 2.50. The summed E-state index contributed by atoms with van der Waals surface area (Å²) in [5.74, 6) is -3.28. The summed E-state index contributed by atoms with van der Waals surface area (Å²) in [6, 6.07) is 0. The van der Waals surface area contributed by atoms with Gasteiger partial charge in [-0.3, -0.25) is 9.59 Å². The third kappa shape index (κ3) is 0.907. The van der Waals surface area contributed by atoms with Gasteiger partial charge < -0.3 is 10.2 Å².